The second-order valence-corrected chi connectivity index (χ2v) is 5.26. The summed E-state index contributed by atoms with van der Waals surface area (Å²) in [5, 5.41) is 2.88. The normalized spacial score (nSPS) is 13.1. The van der Waals surface area contributed by atoms with Gasteiger partial charge < -0.3 is 5.32 Å². The Morgan fingerprint density at radius 1 is 1.25 bits per heavy atom. The van der Waals surface area contributed by atoms with E-state index in [1.807, 2.05) is 6.07 Å². The second-order valence-electron chi connectivity index (χ2n) is 4.34. The maximum absolute atomic E-state index is 13.0. The van der Waals surface area contributed by atoms with Gasteiger partial charge in [0.1, 0.15) is 0 Å². The zero-order chi connectivity index (χ0) is 14.8. The number of benzene rings is 1. The van der Waals surface area contributed by atoms with Crippen LogP contribution in [0.25, 0.3) is 0 Å². The van der Waals surface area contributed by atoms with Crippen molar-refractivity contribution in [2.24, 2.45) is 0 Å². The minimum Gasteiger partial charge on any atom is -0.378 e. The molecule has 1 aromatic heterocycles. The topological polar surface area (TPSA) is 24.9 Å². The smallest absolute Gasteiger partial charge is 0.378 e. The summed E-state index contributed by atoms with van der Waals surface area (Å²) in [6.07, 6.45) is -1.14. The number of rotatable bonds is 3. The van der Waals surface area contributed by atoms with Gasteiger partial charge in [0.15, 0.2) is 0 Å². The highest BCUT2D eigenvalue weighted by atomic mass is 79.9. The van der Waals surface area contributed by atoms with Gasteiger partial charge in [0.25, 0.3) is 0 Å². The lowest BCUT2D eigenvalue weighted by atomic mass is 10.1. The van der Waals surface area contributed by atoms with E-state index in [1.54, 1.807) is 25.4 Å². The van der Waals surface area contributed by atoms with E-state index >= 15 is 0 Å². The number of nitrogens with one attached hydrogen (secondary N) is 1. The lowest BCUT2D eigenvalue weighted by Gasteiger charge is -2.19. The Morgan fingerprint density at radius 3 is 2.60 bits per heavy atom. The summed E-state index contributed by atoms with van der Waals surface area (Å²) in [5.74, 6) is 0. The van der Waals surface area contributed by atoms with Crippen molar-refractivity contribution in [1.82, 2.24) is 4.98 Å². The molecule has 0 amide bonds. The van der Waals surface area contributed by atoms with Crippen LogP contribution in [-0.4, -0.2) is 4.98 Å². The Bertz CT molecular complexity index is 585. The number of alkyl halides is 3. The molecule has 2 nitrogen and oxygen atoms in total. The van der Waals surface area contributed by atoms with Crippen molar-refractivity contribution in [3.63, 3.8) is 0 Å². The van der Waals surface area contributed by atoms with Gasteiger partial charge in [-0.25, -0.2) is 0 Å². The molecule has 1 aromatic carbocycles. The van der Waals surface area contributed by atoms with Crippen LogP contribution in [0, 0.1) is 0 Å². The Hall–Kier alpha value is -1.56. The molecule has 0 saturated heterocycles. The Labute approximate surface area is 123 Å². The zero-order valence-corrected chi connectivity index (χ0v) is 12.2. The van der Waals surface area contributed by atoms with Gasteiger partial charge in [-0.1, -0.05) is 22.0 Å². The van der Waals surface area contributed by atoms with Crippen molar-refractivity contribution in [3.8, 4) is 0 Å². The molecule has 0 bridgehead atoms. The van der Waals surface area contributed by atoms with Crippen molar-refractivity contribution in [3.05, 3.63) is 58.3 Å². The first-order valence-corrected chi connectivity index (χ1v) is 6.70. The highest BCUT2D eigenvalue weighted by Gasteiger charge is 2.33. The second kappa shape index (κ2) is 5.83. The fourth-order valence-electron chi connectivity index (χ4n) is 1.83. The fraction of sp³-hybridized carbons (Fsp3) is 0.214. The molecule has 0 aliphatic rings. The summed E-state index contributed by atoms with van der Waals surface area (Å²) in [6, 6.07) is 7.15. The number of nitrogens with zero attached hydrogens (tertiary/aromatic N) is 1. The van der Waals surface area contributed by atoms with E-state index in [0.29, 0.717) is 4.47 Å². The van der Waals surface area contributed by atoms with Crippen LogP contribution in [0.15, 0.2) is 47.2 Å². The van der Waals surface area contributed by atoms with Gasteiger partial charge in [0, 0.05) is 22.6 Å². The SMILES string of the molecule is CC(Nc1cc(Br)ccc1C(F)(F)F)c1cccnc1. The predicted octanol–water partition coefficient (Wildman–Crippen LogP) is 5.04. The molecule has 0 spiro atoms. The standard InChI is InChI=1S/C14H12BrF3N2/c1-9(10-3-2-6-19-8-10)20-13-7-11(15)4-5-12(13)14(16,17)18/h2-9,20H,1H3. The Kier molecular flexibility index (Phi) is 4.32. The summed E-state index contributed by atoms with van der Waals surface area (Å²) in [5.41, 5.74) is 0.181. The maximum atomic E-state index is 13.0. The minimum absolute atomic E-state index is 0.0447. The first-order valence-electron chi connectivity index (χ1n) is 5.91. The Morgan fingerprint density at radius 2 is 2.00 bits per heavy atom. The molecule has 1 N–H and O–H groups in total. The van der Waals surface area contributed by atoms with Crippen molar-refractivity contribution in [2.45, 2.75) is 19.1 Å². The van der Waals surface area contributed by atoms with Gasteiger partial charge in [-0.15, -0.1) is 0 Å². The third-order valence-electron chi connectivity index (χ3n) is 2.84. The molecule has 0 fully saturated rings. The summed E-state index contributed by atoms with van der Waals surface area (Å²) in [7, 11) is 0. The molecule has 1 unspecified atom stereocenters. The maximum Gasteiger partial charge on any atom is 0.418 e. The van der Waals surface area contributed by atoms with Crippen LogP contribution in [0.1, 0.15) is 24.1 Å². The van der Waals surface area contributed by atoms with Crippen LogP contribution in [0.4, 0.5) is 18.9 Å². The van der Waals surface area contributed by atoms with Crippen LogP contribution in [0.5, 0.6) is 0 Å². The lowest BCUT2D eigenvalue weighted by Crippen LogP contribution is -2.13. The molecule has 0 aliphatic carbocycles. The molecular weight excluding hydrogens is 333 g/mol. The summed E-state index contributed by atoms with van der Waals surface area (Å²) < 4.78 is 39.5. The summed E-state index contributed by atoms with van der Waals surface area (Å²) >= 11 is 3.19. The van der Waals surface area contributed by atoms with E-state index in [1.165, 1.54) is 12.1 Å². The van der Waals surface area contributed by atoms with E-state index in [4.69, 9.17) is 0 Å². The van der Waals surface area contributed by atoms with Gasteiger partial charge in [-0.3, -0.25) is 4.98 Å². The van der Waals surface area contributed by atoms with E-state index < -0.39 is 11.7 Å². The van der Waals surface area contributed by atoms with E-state index in [9.17, 15) is 13.2 Å². The first kappa shape index (κ1) is 14.8. The molecule has 0 saturated carbocycles. The van der Waals surface area contributed by atoms with Gasteiger partial charge in [-0.05, 0) is 36.8 Å². The van der Waals surface area contributed by atoms with Crippen LogP contribution >= 0.6 is 15.9 Å². The Balaban J connectivity index is 2.31. The van der Waals surface area contributed by atoms with Gasteiger partial charge in [0.05, 0.1) is 11.6 Å². The molecule has 2 rings (SSSR count). The monoisotopic (exact) mass is 344 g/mol. The first-order chi connectivity index (χ1) is 9.38. The quantitative estimate of drug-likeness (QED) is 0.843. The van der Waals surface area contributed by atoms with Crippen LogP contribution < -0.4 is 5.32 Å². The summed E-state index contributed by atoms with van der Waals surface area (Å²) in [6.45, 7) is 1.79. The molecular formula is C14H12BrF3N2. The zero-order valence-electron chi connectivity index (χ0n) is 10.6. The average molecular weight is 345 g/mol. The van der Waals surface area contributed by atoms with Crippen molar-refractivity contribution < 1.29 is 13.2 Å². The van der Waals surface area contributed by atoms with E-state index in [0.717, 1.165) is 11.6 Å². The minimum atomic E-state index is -4.39. The fourth-order valence-corrected chi connectivity index (χ4v) is 2.19. The van der Waals surface area contributed by atoms with Gasteiger partial charge in [0.2, 0.25) is 0 Å². The number of aromatic nitrogens is 1. The van der Waals surface area contributed by atoms with Crippen LogP contribution in [-0.2, 0) is 6.18 Å². The van der Waals surface area contributed by atoms with Crippen molar-refractivity contribution >= 4 is 21.6 Å². The highest BCUT2D eigenvalue weighted by molar-refractivity contribution is 9.10. The predicted molar refractivity (Wildman–Crippen MR) is 75.4 cm³/mol. The third kappa shape index (κ3) is 3.50. The molecule has 2 aromatic rings. The number of halogens is 4. The average Bonchev–Trinajstić information content (AvgIpc) is 2.38. The van der Waals surface area contributed by atoms with E-state index in [2.05, 4.69) is 26.2 Å². The molecule has 0 aliphatic heterocycles. The highest BCUT2D eigenvalue weighted by Crippen LogP contribution is 2.37. The van der Waals surface area contributed by atoms with Crippen LogP contribution in [0.3, 0.4) is 0 Å². The van der Waals surface area contributed by atoms with Crippen LogP contribution in [0.2, 0.25) is 0 Å². The number of pyridine rings is 1. The molecule has 1 heterocycles. The number of hydrogen-bond acceptors (Lipinski definition) is 2. The van der Waals surface area contributed by atoms with Gasteiger partial charge >= 0.3 is 6.18 Å². The third-order valence-corrected chi connectivity index (χ3v) is 3.34. The molecule has 1 atom stereocenters. The van der Waals surface area contributed by atoms with E-state index in [-0.39, 0.29) is 11.7 Å². The summed E-state index contributed by atoms with van der Waals surface area (Å²) in [4.78, 5) is 3.96. The molecule has 0 radical (unpaired) electrons. The number of anilines is 1. The van der Waals surface area contributed by atoms with Crippen molar-refractivity contribution in [2.75, 3.05) is 5.32 Å². The largest absolute Gasteiger partial charge is 0.418 e. The molecule has 20 heavy (non-hydrogen) atoms. The number of hydrogen-bond donors (Lipinski definition) is 1. The lowest BCUT2D eigenvalue weighted by molar-refractivity contribution is -0.137. The van der Waals surface area contributed by atoms with Gasteiger partial charge in [-0.2, -0.15) is 13.2 Å². The van der Waals surface area contributed by atoms with Crippen molar-refractivity contribution in [1.29, 1.82) is 0 Å². The molecule has 6 heteroatoms. The molecule has 106 valence electrons.